The van der Waals surface area contributed by atoms with Crippen LogP contribution < -0.4 is 5.32 Å². The van der Waals surface area contributed by atoms with Gasteiger partial charge in [0.1, 0.15) is 0 Å². The smallest absolute Gasteiger partial charge is 0.242 e. The Morgan fingerprint density at radius 2 is 1.94 bits per heavy atom. The first-order chi connectivity index (χ1) is 8.25. The van der Waals surface area contributed by atoms with Gasteiger partial charge in [-0.1, -0.05) is 30.3 Å². The molecule has 2 rings (SSSR count). The van der Waals surface area contributed by atoms with E-state index in [2.05, 4.69) is 17.4 Å². The number of hydrogen-bond donors (Lipinski definition) is 1. The fraction of sp³-hybridized carbons (Fsp3) is 0.385. The molecule has 0 unspecified atom stereocenters. The summed E-state index contributed by atoms with van der Waals surface area (Å²) in [4.78, 5) is 24.3. The first kappa shape index (κ1) is 11.6. The van der Waals surface area contributed by atoms with Crippen LogP contribution >= 0.6 is 0 Å². The number of rotatable bonds is 4. The number of nitrogens with one attached hydrogen (secondary N) is 1. The largest absolute Gasteiger partial charge is 0.345 e. The Labute approximate surface area is 101 Å². The highest BCUT2D eigenvalue weighted by molar-refractivity contribution is 5.92. The SMILES string of the molecule is O=C1CN(CCCc2ccccc2)C(=O)CN1. The molecular weight excluding hydrogens is 216 g/mol. The van der Waals surface area contributed by atoms with Gasteiger partial charge < -0.3 is 10.2 Å². The van der Waals surface area contributed by atoms with Crippen LogP contribution in [-0.4, -0.2) is 36.3 Å². The maximum atomic E-state index is 11.5. The molecule has 1 aromatic rings. The van der Waals surface area contributed by atoms with Gasteiger partial charge in [0.15, 0.2) is 0 Å². The summed E-state index contributed by atoms with van der Waals surface area (Å²) in [5, 5.41) is 2.54. The lowest BCUT2D eigenvalue weighted by atomic mass is 10.1. The number of benzene rings is 1. The van der Waals surface area contributed by atoms with E-state index in [0.29, 0.717) is 6.54 Å². The Morgan fingerprint density at radius 1 is 1.18 bits per heavy atom. The summed E-state index contributed by atoms with van der Waals surface area (Å²) in [5.41, 5.74) is 1.27. The molecule has 4 heteroatoms. The lowest BCUT2D eigenvalue weighted by Crippen LogP contribution is -2.51. The van der Waals surface area contributed by atoms with Gasteiger partial charge in [0.25, 0.3) is 0 Å². The van der Waals surface area contributed by atoms with E-state index in [4.69, 9.17) is 0 Å². The minimum atomic E-state index is -0.0655. The Kier molecular flexibility index (Phi) is 3.75. The van der Waals surface area contributed by atoms with Crippen LogP contribution in [0.1, 0.15) is 12.0 Å². The average Bonchev–Trinajstić information content (AvgIpc) is 2.35. The molecule has 1 aliphatic heterocycles. The van der Waals surface area contributed by atoms with Crippen molar-refractivity contribution >= 4 is 11.8 Å². The fourth-order valence-corrected chi connectivity index (χ4v) is 1.93. The van der Waals surface area contributed by atoms with Gasteiger partial charge in [-0.3, -0.25) is 9.59 Å². The van der Waals surface area contributed by atoms with Crippen molar-refractivity contribution in [1.82, 2.24) is 10.2 Å². The summed E-state index contributed by atoms with van der Waals surface area (Å²) in [6.07, 6.45) is 1.83. The molecule has 4 nitrogen and oxygen atoms in total. The third-order valence-corrected chi connectivity index (χ3v) is 2.86. The van der Waals surface area contributed by atoms with Gasteiger partial charge in [-0.15, -0.1) is 0 Å². The summed E-state index contributed by atoms with van der Waals surface area (Å²) in [7, 11) is 0. The third kappa shape index (κ3) is 3.31. The van der Waals surface area contributed by atoms with Crippen molar-refractivity contribution < 1.29 is 9.59 Å². The summed E-state index contributed by atoms with van der Waals surface area (Å²) < 4.78 is 0. The van der Waals surface area contributed by atoms with E-state index in [-0.39, 0.29) is 24.9 Å². The molecule has 0 aromatic heterocycles. The van der Waals surface area contributed by atoms with Crippen molar-refractivity contribution in [3.63, 3.8) is 0 Å². The van der Waals surface area contributed by atoms with E-state index in [1.165, 1.54) is 5.56 Å². The van der Waals surface area contributed by atoms with Crippen LogP contribution in [0.15, 0.2) is 30.3 Å². The minimum Gasteiger partial charge on any atom is -0.345 e. The van der Waals surface area contributed by atoms with Crippen molar-refractivity contribution in [2.24, 2.45) is 0 Å². The Hall–Kier alpha value is -1.84. The fourth-order valence-electron chi connectivity index (χ4n) is 1.93. The number of piperazine rings is 1. The van der Waals surface area contributed by atoms with Crippen LogP contribution in [0.3, 0.4) is 0 Å². The summed E-state index contributed by atoms with van der Waals surface area (Å²) in [5.74, 6) is -0.0537. The van der Waals surface area contributed by atoms with Crippen LogP contribution in [0.25, 0.3) is 0 Å². The number of aryl methyl sites for hydroxylation is 1. The first-order valence-corrected chi connectivity index (χ1v) is 5.84. The number of carbonyl (C=O) groups excluding carboxylic acids is 2. The van der Waals surface area contributed by atoms with Gasteiger partial charge in [-0.25, -0.2) is 0 Å². The summed E-state index contributed by atoms with van der Waals surface area (Å²) in [6, 6.07) is 10.2. The third-order valence-electron chi connectivity index (χ3n) is 2.86. The van der Waals surface area contributed by atoms with Gasteiger partial charge >= 0.3 is 0 Å². The van der Waals surface area contributed by atoms with Crippen molar-refractivity contribution in [2.75, 3.05) is 19.6 Å². The monoisotopic (exact) mass is 232 g/mol. The molecule has 17 heavy (non-hydrogen) atoms. The zero-order valence-electron chi connectivity index (χ0n) is 9.69. The van der Waals surface area contributed by atoms with Crippen LogP contribution in [0, 0.1) is 0 Å². The Bertz CT molecular complexity index is 403. The summed E-state index contributed by atoms with van der Waals surface area (Å²) in [6.45, 7) is 0.999. The highest BCUT2D eigenvalue weighted by Gasteiger charge is 2.21. The number of amides is 2. The second-order valence-electron chi connectivity index (χ2n) is 4.18. The normalized spacial score (nSPS) is 15.9. The van der Waals surface area contributed by atoms with Gasteiger partial charge in [0.2, 0.25) is 11.8 Å². The van der Waals surface area contributed by atoms with E-state index in [1.54, 1.807) is 4.90 Å². The Balaban J connectivity index is 1.78. The van der Waals surface area contributed by atoms with Gasteiger partial charge in [0, 0.05) is 6.54 Å². The predicted octanol–water partition coefficient (Wildman–Crippen LogP) is 0.578. The van der Waals surface area contributed by atoms with Crippen molar-refractivity contribution in [1.29, 1.82) is 0 Å². The van der Waals surface area contributed by atoms with Gasteiger partial charge in [-0.05, 0) is 18.4 Å². The maximum absolute atomic E-state index is 11.5. The second-order valence-corrected chi connectivity index (χ2v) is 4.18. The lowest BCUT2D eigenvalue weighted by Gasteiger charge is -2.26. The molecule has 1 aliphatic rings. The number of carbonyl (C=O) groups is 2. The maximum Gasteiger partial charge on any atom is 0.242 e. The quantitative estimate of drug-likeness (QED) is 0.825. The van der Waals surface area contributed by atoms with Crippen LogP contribution in [-0.2, 0) is 16.0 Å². The van der Waals surface area contributed by atoms with E-state index in [9.17, 15) is 9.59 Å². The zero-order valence-corrected chi connectivity index (χ0v) is 9.69. The van der Waals surface area contributed by atoms with E-state index >= 15 is 0 Å². The second kappa shape index (κ2) is 5.48. The first-order valence-electron chi connectivity index (χ1n) is 5.84. The van der Waals surface area contributed by atoms with Crippen molar-refractivity contribution in [3.05, 3.63) is 35.9 Å². The predicted molar refractivity (Wildman–Crippen MR) is 64.4 cm³/mol. The number of nitrogens with zero attached hydrogens (tertiary/aromatic N) is 1. The molecule has 1 aromatic carbocycles. The van der Waals surface area contributed by atoms with Gasteiger partial charge in [0.05, 0.1) is 13.1 Å². The van der Waals surface area contributed by atoms with Crippen molar-refractivity contribution in [2.45, 2.75) is 12.8 Å². The zero-order chi connectivity index (χ0) is 12.1. The molecule has 1 N–H and O–H groups in total. The van der Waals surface area contributed by atoms with E-state index < -0.39 is 0 Å². The van der Waals surface area contributed by atoms with E-state index in [0.717, 1.165) is 12.8 Å². The summed E-state index contributed by atoms with van der Waals surface area (Å²) >= 11 is 0. The molecule has 1 heterocycles. The molecule has 1 saturated heterocycles. The number of hydrogen-bond acceptors (Lipinski definition) is 2. The average molecular weight is 232 g/mol. The molecule has 0 radical (unpaired) electrons. The van der Waals surface area contributed by atoms with E-state index in [1.807, 2.05) is 18.2 Å². The van der Waals surface area contributed by atoms with Crippen LogP contribution in [0.5, 0.6) is 0 Å². The van der Waals surface area contributed by atoms with Gasteiger partial charge in [-0.2, -0.15) is 0 Å². The molecule has 0 aliphatic carbocycles. The molecule has 1 fully saturated rings. The molecule has 0 saturated carbocycles. The van der Waals surface area contributed by atoms with Crippen LogP contribution in [0.4, 0.5) is 0 Å². The topological polar surface area (TPSA) is 49.4 Å². The lowest BCUT2D eigenvalue weighted by molar-refractivity contribution is -0.140. The highest BCUT2D eigenvalue weighted by atomic mass is 16.2. The molecule has 0 spiro atoms. The molecule has 90 valence electrons. The standard InChI is InChI=1S/C13H16N2O2/c16-12-10-15(13(17)9-14-12)8-4-7-11-5-2-1-3-6-11/h1-3,5-6H,4,7-10H2,(H,14,16). The minimum absolute atomic E-state index is 0.0117. The highest BCUT2D eigenvalue weighted by Crippen LogP contribution is 2.04. The molecule has 0 atom stereocenters. The van der Waals surface area contributed by atoms with Crippen molar-refractivity contribution in [3.8, 4) is 0 Å². The molecule has 0 bridgehead atoms. The Morgan fingerprint density at radius 3 is 2.71 bits per heavy atom. The molecule has 2 amide bonds. The molecular formula is C13H16N2O2. The van der Waals surface area contributed by atoms with Crippen LogP contribution in [0.2, 0.25) is 0 Å².